The van der Waals surface area contributed by atoms with Crippen molar-refractivity contribution in [3.63, 3.8) is 0 Å². The third-order valence-corrected chi connectivity index (χ3v) is 3.51. The number of nitrogens with zero attached hydrogens (tertiary/aromatic N) is 2. The molecule has 1 N–H and O–H groups in total. The number of nitrogens with one attached hydrogen (secondary N) is 1. The van der Waals surface area contributed by atoms with Gasteiger partial charge < -0.3 is 10.1 Å². The molecule has 0 unspecified atom stereocenters. The van der Waals surface area contributed by atoms with Crippen molar-refractivity contribution >= 4 is 11.4 Å². The van der Waals surface area contributed by atoms with Crippen molar-refractivity contribution in [2.24, 2.45) is 0 Å². The van der Waals surface area contributed by atoms with Crippen LogP contribution in [-0.2, 0) is 17.8 Å². The Bertz CT molecular complexity index is 778. The zero-order valence-electron chi connectivity index (χ0n) is 12.3. The fraction of sp³-hybridized carbons (Fsp3) is 0.176. The van der Waals surface area contributed by atoms with Crippen molar-refractivity contribution in [2.45, 2.75) is 13.0 Å². The molecule has 0 spiro atoms. The third-order valence-electron chi connectivity index (χ3n) is 3.51. The maximum atomic E-state index is 12.0. The van der Waals surface area contributed by atoms with Crippen LogP contribution in [0.3, 0.4) is 0 Å². The van der Waals surface area contributed by atoms with Crippen molar-refractivity contribution in [1.82, 2.24) is 14.9 Å². The van der Waals surface area contributed by atoms with Crippen molar-refractivity contribution < 1.29 is 9.53 Å². The van der Waals surface area contributed by atoms with Crippen LogP contribution in [0.2, 0.25) is 0 Å². The average molecular weight is 295 g/mol. The highest BCUT2D eigenvalue weighted by Crippen LogP contribution is 2.12. The van der Waals surface area contributed by atoms with Gasteiger partial charge in [-0.1, -0.05) is 18.2 Å². The van der Waals surface area contributed by atoms with Gasteiger partial charge in [0.05, 0.1) is 25.2 Å². The molecule has 0 fully saturated rings. The highest BCUT2D eigenvalue weighted by molar-refractivity contribution is 5.78. The fourth-order valence-electron chi connectivity index (χ4n) is 2.31. The number of benzene rings is 1. The molecule has 3 rings (SSSR count). The Kier molecular flexibility index (Phi) is 4.05. The lowest BCUT2D eigenvalue weighted by Gasteiger charge is -2.05. The van der Waals surface area contributed by atoms with Gasteiger partial charge in [-0.25, -0.2) is 4.52 Å². The van der Waals surface area contributed by atoms with Gasteiger partial charge in [-0.2, -0.15) is 5.10 Å². The van der Waals surface area contributed by atoms with Crippen LogP contribution in [0.4, 0.5) is 0 Å². The highest BCUT2D eigenvalue weighted by atomic mass is 16.5. The number of fused-ring (bicyclic) bond motifs is 1. The van der Waals surface area contributed by atoms with E-state index in [-0.39, 0.29) is 5.91 Å². The van der Waals surface area contributed by atoms with Gasteiger partial charge in [0.1, 0.15) is 5.75 Å². The summed E-state index contributed by atoms with van der Waals surface area (Å²) in [7, 11) is 1.62. The number of hydrogen-bond acceptors (Lipinski definition) is 3. The predicted molar refractivity (Wildman–Crippen MR) is 83.7 cm³/mol. The molecule has 2 heterocycles. The van der Waals surface area contributed by atoms with Gasteiger partial charge >= 0.3 is 0 Å². The Balaban J connectivity index is 1.60. The molecular formula is C17H17N3O2. The fourth-order valence-corrected chi connectivity index (χ4v) is 2.31. The van der Waals surface area contributed by atoms with E-state index >= 15 is 0 Å². The highest BCUT2D eigenvalue weighted by Gasteiger charge is 2.07. The van der Waals surface area contributed by atoms with Crippen LogP contribution in [0.25, 0.3) is 5.52 Å². The molecule has 5 nitrogen and oxygen atoms in total. The van der Waals surface area contributed by atoms with Gasteiger partial charge in [0.25, 0.3) is 0 Å². The largest absolute Gasteiger partial charge is 0.497 e. The maximum Gasteiger partial charge on any atom is 0.224 e. The van der Waals surface area contributed by atoms with Crippen LogP contribution in [0, 0.1) is 0 Å². The second-order valence-electron chi connectivity index (χ2n) is 5.00. The van der Waals surface area contributed by atoms with Crippen LogP contribution in [0.1, 0.15) is 11.1 Å². The lowest BCUT2D eigenvalue weighted by molar-refractivity contribution is -0.120. The molecule has 22 heavy (non-hydrogen) atoms. The summed E-state index contributed by atoms with van der Waals surface area (Å²) in [6.07, 6.45) is 4.02. The van der Waals surface area contributed by atoms with E-state index in [2.05, 4.69) is 10.4 Å². The number of hydrogen-bond donors (Lipinski definition) is 1. The smallest absolute Gasteiger partial charge is 0.224 e. The van der Waals surface area contributed by atoms with E-state index in [1.54, 1.807) is 17.8 Å². The quantitative estimate of drug-likeness (QED) is 0.785. The standard InChI is InChI=1S/C17H17N3O2/c1-22-15-7-5-13(6-8-15)10-17(21)18-11-14-12-19-20-9-3-2-4-16(14)20/h2-9,12H,10-11H2,1H3,(H,18,21). The Morgan fingerprint density at radius 2 is 2.05 bits per heavy atom. The lowest BCUT2D eigenvalue weighted by atomic mass is 10.1. The first-order valence-electron chi connectivity index (χ1n) is 7.07. The molecule has 112 valence electrons. The first-order chi connectivity index (χ1) is 10.8. The number of carbonyl (C=O) groups excluding carboxylic acids is 1. The van der Waals surface area contributed by atoms with Gasteiger partial charge in [-0.15, -0.1) is 0 Å². The molecule has 1 aromatic carbocycles. The molecule has 1 amide bonds. The average Bonchev–Trinajstić information content (AvgIpc) is 2.97. The van der Waals surface area contributed by atoms with E-state index in [1.165, 1.54) is 0 Å². The SMILES string of the molecule is COc1ccc(CC(=O)NCc2cnn3ccccc23)cc1. The van der Waals surface area contributed by atoms with Crippen LogP contribution >= 0.6 is 0 Å². The van der Waals surface area contributed by atoms with E-state index in [1.807, 2.05) is 48.7 Å². The van der Waals surface area contributed by atoms with Gasteiger partial charge in [0.2, 0.25) is 5.91 Å². The van der Waals surface area contributed by atoms with Crippen molar-refractivity contribution in [3.05, 3.63) is 66.0 Å². The number of aromatic nitrogens is 2. The molecule has 3 aromatic rings. The summed E-state index contributed by atoms with van der Waals surface area (Å²) < 4.78 is 6.90. The van der Waals surface area contributed by atoms with Gasteiger partial charge in [0, 0.05) is 18.3 Å². The molecule has 2 aromatic heterocycles. The Morgan fingerprint density at radius 3 is 2.82 bits per heavy atom. The molecule has 0 atom stereocenters. The minimum Gasteiger partial charge on any atom is -0.497 e. The molecule has 0 aliphatic rings. The van der Waals surface area contributed by atoms with E-state index in [0.29, 0.717) is 13.0 Å². The van der Waals surface area contributed by atoms with Crippen LogP contribution < -0.4 is 10.1 Å². The molecular weight excluding hydrogens is 278 g/mol. The third kappa shape index (κ3) is 3.09. The number of pyridine rings is 1. The molecule has 0 saturated heterocycles. The first kappa shape index (κ1) is 14.1. The number of carbonyl (C=O) groups is 1. The second kappa shape index (κ2) is 6.30. The second-order valence-corrected chi connectivity index (χ2v) is 5.00. The zero-order chi connectivity index (χ0) is 15.4. The monoisotopic (exact) mass is 295 g/mol. The minimum atomic E-state index is -0.0135. The number of rotatable bonds is 5. The summed E-state index contributed by atoms with van der Waals surface area (Å²) >= 11 is 0. The van der Waals surface area contributed by atoms with Gasteiger partial charge in [-0.3, -0.25) is 4.79 Å². The summed E-state index contributed by atoms with van der Waals surface area (Å²) in [5.74, 6) is 0.774. The summed E-state index contributed by atoms with van der Waals surface area (Å²) in [5.41, 5.74) is 2.97. The summed E-state index contributed by atoms with van der Waals surface area (Å²) in [4.78, 5) is 12.0. The van der Waals surface area contributed by atoms with E-state index in [4.69, 9.17) is 4.74 Å². The van der Waals surface area contributed by atoms with E-state index in [9.17, 15) is 4.79 Å². The van der Waals surface area contributed by atoms with Crippen LogP contribution in [0.5, 0.6) is 5.75 Å². The molecule has 0 bridgehead atoms. The zero-order valence-corrected chi connectivity index (χ0v) is 12.3. The van der Waals surface area contributed by atoms with Crippen molar-refractivity contribution in [2.75, 3.05) is 7.11 Å². The summed E-state index contributed by atoms with van der Waals surface area (Å²) in [6.45, 7) is 0.475. The molecule has 5 heteroatoms. The maximum absolute atomic E-state index is 12.0. The van der Waals surface area contributed by atoms with E-state index < -0.39 is 0 Å². The van der Waals surface area contributed by atoms with Crippen molar-refractivity contribution in [3.8, 4) is 5.75 Å². The Morgan fingerprint density at radius 1 is 1.23 bits per heavy atom. The molecule has 0 radical (unpaired) electrons. The van der Waals surface area contributed by atoms with Gasteiger partial charge in [-0.05, 0) is 29.8 Å². The number of ether oxygens (including phenoxy) is 1. The number of methoxy groups -OCH3 is 1. The minimum absolute atomic E-state index is 0.0135. The molecule has 0 saturated carbocycles. The van der Waals surface area contributed by atoms with Crippen LogP contribution in [0.15, 0.2) is 54.9 Å². The summed E-state index contributed by atoms with van der Waals surface area (Å²) in [6, 6.07) is 13.4. The van der Waals surface area contributed by atoms with Gasteiger partial charge in [0.15, 0.2) is 0 Å². The van der Waals surface area contributed by atoms with Crippen LogP contribution in [-0.4, -0.2) is 22.6 Å². The molecule has 0 aliphatic heterocycles. The van der Waals surface area contributed by atoms with Crippen molar-refractivity contribution in [1.29, 1.82) is 0 Å². The topological polar surface area (TPSA) is 55.6 Å². The number of amides is 1. The Labute approximate surface area is 128 Å². The normalized spacial score (nSPS) is 10.6. The lowest BCUT2D eigenvalue weighted by Crippen LogP contribution is -2.24. The predicted octanol–water partition coefficient (Wildman–Crippen LogP) is 2.20. The van der Waals surface area contributed by atoms with E-state index in [0.717, 1.165) is 22.4 Å². The molecule has 0 aliphatic carbocycles. The first-order valence-corrected chi connectivity index (χ1v) is 7.07. The Hall–Kier alpha value is -2.82. The summed E-state index contributed by atoms with van der Waals surface area (Å²) in [5, 5.41) is 7.18.